The molecule has 0 saturated heterocycles. The van der Waals surface area contributed by atoms with Crippen LogP contribution in [0.4, 0.5) is 0 Å². The normalized spacial score (nSPS) is 20.7. The number of nitrogens with one attached hydrogen (secondary N) is 1. The van der Waals surface area contributed by atoms with Crippen molar-refractivity contribution in [1.82, 2.24) is 20.0 Å². The predicted molar refractivity (Wildman–Crippen MR) is 132 cm³/mol. The van der Waals surface area contributed by atoms with E-state index < -0.39 is 11.5 Å². The van der Waals surface area contributed by atoms with Gasteiger partial charge in [-0.1, -0.05) is 56.0 Å². The molecule has 2 aromatic rings. The topological polar surface area (TPSA) is 93.5 Å². The van der Waals surface area contributed by atoms with E-state index in [2.05, 4.69) is 22.5 Å². The Balaban J connectivity index is 1.58. The summed E-state index contributed by atoms with van der Waals surface area (Å²) in [4.78, 5) is 41.3. The summed E-state index contributed by atoms with van der Waals surface area (Å²) in [7, 11) is 0. The van der Waals surface area contributed by atoms with Crippen molar-refractivity contribution in [2.75, 3.05) is 13.2 Å². The number of hydrogen-bond acceptors (Lipinski definition) is 5. The molecule has 1 saturated carbocycles. The molecule has 8 nitrogen and oxygen atoms in total. The molecule has 0 unspecified atom stereocenters. The van der Waals surface area contributed by atoms with E-state index in [4.69, 9.17) is 4.74 Å². The third-order valence-corrected chi connectivity index (χ3v) is 7.15. The standard InChI is InChI=1S/C27H36N4O4/c1-3-35-25(33)22-18-23-24(32)30(17-11-14-20-12-7-6-8-13-20)27(2,19-31(23)29-22)26(34)28-21-15-9-4-5-10-16-21/h6-8,12-13,18,21H,3-5,9-11,14-17,19H2,1-2H3,(H,28,34)/t27-/m0/s1. The molecule has 1 aliphatic heterocycles. The van der Waals surface area contributed by atoms with Gasteiger partial charge < -0.3 is 15.0 Å². The molecule has 1 aliphatic carbocycles. The highest BCUT2D eigenvalue weighted by Gasteiger charge is 2.48. The fourth-order valence-corrected chi connectivity index (χ4v) is 5.15. The highest BCUT2D eigenvalue weighted by Crippen LogP contribution is 2.29. The van der Waals surface area contributed by atoms with Crippen molar-refractivity contribution < 1.29 is 19.1 Å². The fraction of sp³-hybridized carbons (Fsp3) is 0.556. The number of amides is 2. The van der Waals surface area contributed by atoms with Crippen molar-refractivity contribution in [3.8, 4) is 0 Å². The molecule has 1 atom stereocenters. The number of carbonyl (C=O) groups excluding carboxylic acids is 3. The zero-order valence-electron chi connectivity index (χ0n) is 20.8. The Morgan fingerprint density at radius 1 is 1.14 bits per heavy atom. The summed E-state index contributed by atoms with van der Waals surface area (Å²) in [6.45, 7) is 4.39. The van der Waals surface area contributed by atoms with Crippen LogP contribution in [0.5, 0.6) is 0 Å². The van der Waals surface area contributed by atoms with Gasteiger partial charge in [0, 0.05) is 18.7 Å². The van der Waals surface area contributed by atoms with Gasteiger partial charge in [0.05, 0.1) is 13.2 Å². The Morgan fingerprint density at radius 2 is 1.86 bits per heavy atom. The summed E-state index contributed by atoms with van der Waals surface area (Å²) >= 11 is 0. The van der Waals surface area contributed by atoms with E-state index in [1.54, 1.807) is 11.8 Å². The third-order valence-electron chi connectivity index (χ3n) is 7.15. The Hall–Kier alpha value is -3.16. The number of rotatable bonds is 8. The predicted octanol–water partition coefficient (Wildman–Crippen LogP) is 3.75. The minimum Gasteiger partial charge on any atom is -0.461 e. The van der Waals surface area contributed by atoms with Crippen molar-refractivity contribution in [2.45, 2.75) is 83.3 Å². The summed E-state index contributed by atoms with van der Waals surface area (Å²) in [6.07, 6.45) is 8.05. The third kappa shape index (κ3) is 5.57. The maximum Gasteiger partial charge on any atom is 0.358 e. The van der Waals surface area contributed by atoms with Crippen LogP contribution in [0.1, 0.15) is 85.3 Å². The van der Waals surface area contributed by atoms with Crippen LogP contribution < -0.4 is 5.32 Å². The first kappa shape index (κ1) is 24.9. The number of aromatic nitrogens is 2. The molecule has 2 amide bonds. The lowest BCUT2D eigenvalue weighted by Crippen LogP contribution is -2.65. The fourth-order valence-electron chi connectivity index (χ4n) is 5.15. The maximum atomic E-state index is 13.7. The molecule has 1 aromatic carbocycles. The van der Waals surface area contributed by atoms with Crippen LogP contribution in [0.25, 0.3) is 0 Å². The lowest BCUT2D eigenvalue weighted by molar-refractivity contribution is -0.134. The van der Waals surface area contributed by atoms with Crippen LogP contribution in [0.3, 0.4) is 0 Å². The molecule has 4 rings (SSSR count). The smallest absolute Gasteiger partial charge is 0.358 e. The molecular formula is C27H36N4O4. The van der Waals surface area contributed by atoms with E-state index in [-0.39, 0.29) is 36.7 Å². The molecule has 188 valence electrons. The monoisotopic (exact) mass is 480 g/mol. The average Bonchev–Trinajstić information content (AvgIpc) is 3.11. The van der Waals surface area contributed by atoms with E-state index in [9.17, 15) is 14.4 Å². The van der Waals surface area contributed by atoms with Gasteiger partial charge in [-0.3, -0.25) is 14.3 Å². The van der Waals surface area contributed by atoms with Crippen LogP contribution >= 0.6 is 0 Å². The molecule has 0 radical (unpaired) electrons. The first-order valence-corrected chi connectivity index (χ1v) is 12.8. The molecule has 35 heavy (non-hydrogen) atoms. The van der Waals surface area contributed by atoms with Gasteiger partial charge in [0.15, 0.2) is 5.69 Å². The second-order valence-corrected chi connectivity index (χ2v) is 9.77. The number of carbonyl (C=O) groups is 3. The minimum absolute atomic E-state index is 0.0906. The quantitative estimate of drug-likeness (QED) is 0.459. The van der Waals surface area contributed by atoms with Crippen molar-refractivity contribution in [2.24, 2.45) is 0 Å². The number of aryl methyl sites for hydroxylation is 1. The lowest BCUT2D eigenvalue weighted by atomic mass is 9.93. The van der Waals surface area contributed by atoms with Gasteiger partial charge in [-0.2, -0.15) is 5.10 Å². The van der Waals surface area contributed by atoms with Crippen LogP contribution in [0.2, 0.25) is 0 Å². The Morgan fingerprint density at radius 3 is 2.54 bits per heavy atom. The maximum absolute atomic E-state index is 13.7. The second kappa shape index (κ2) is 11.1. The van der Waals surface area contributed by atoms with Crippen molar-refractivity contribution in [1.29, 1.82) is 0 Å². The van der Waals surface area contributed by atoms with Gasteiger partial charge in [0.25, 0.3) is 5.91 Å². The van der Waals surface area contributed by atoms with Crippen molar-refractivity contribution in [3.05, 3.63) is 53.3 Å². The van der Waals surface area contributed by atoms with E-state index in [1.807, 2.05) is 25.1 Å². The number of ether oxygens (including phenoxy) is 1. The van der Waals surface area contributed by atoms with Crippen LogP contribution in [-0.2, 0) is 22.5 Å². The Bertz CT molecular complexity index is 1040. The largest absolute Gasteiger partial charge is 0.461 e. The number of esters is 1. The van der Waals surface area contributed by atoms with Gasteiger partial charge in [-0.25, -0.2) is 4.79 Å². The van der Waals surface area contributed by atoms with Crippen LogP contribution in [0.15, 0.2) is 36.4 Å². The zero-order chi connectivity index (χ0) is 24.8. The number of benzene rings is 1. The summed E-state index contributed by atoms with van der Waals surface area (Å²) in [5.41, 5.74) is 0.488. The Kier molecular flexibility index (Phi) is 7.88. The summed E-state index contributed by atoms with van der Waals surface area (Å²) < 4.78 is 6.57. The molecule has 0 spiro atoms. The van der Waals surface area contributed by atoms with Gasteiger partial charge >= 0.3 is 5.97 Å². The first-order valence-electron chi connectivity index (χ1n) is 12.8. The lowest BCUT2D eigenvalue weighted by Gasteiger charge is -2.44. The first-order chi connectivity index (χ1) is 16.9. The van der Waals surface area contributed by atoms with Gasteiger partial charge in [-0.15, -0.1) is 0 Å². The number of fused-ring (bicyclic) bond motifs is 1. The summed E-state index contributed by atoms with van der Waals surface area (Å²) in [5.74, 6) is -1.01. The average molecular weight is 481 g/mol. The second-order valence-electron chi connectivity index (χ2n) is 9.77. The molecule has 2 aliphatic rings. The van der Waals surface area contributed by atoms with E-state index >= 15 is 0 Å². The Labute approximate surface area is 207 Å². The molecular weight excluding hydrogens is 444 g/mol. The molecule has 2 heterocycles. The van der Waals surface area contributed by atoms with Crippen molar-refractivity contribution in [3.63, 3.8) is 0 Å². The van der Waals surface area contributed by atoms with Crippen molar-refractivity contribution >= 4 is 17.8 Å². The van der Waals surface area contributed by atoms with Gasteiger partial charge in [0.1, 0.15) is 11.2 Å². The van der Waals surface area contributed by atoms with Crippen LogP contribution in [-0.4, -0.2) is 57.2 Å². The molecule has 1 N–H and O–H groups in total. The van der Waals surface area contributed by atoms with E-state index in [0.717, 1.165) is 38.5 Å². The van der Waals surface area contributed by atoms with Gasteiger partial charge in [-0.05, 0) is 45.1 Å². The molecule has 1 aromatic heterocycles. The summed E-state index contributed by atoms with van der Waals surface area (Å²) in [6, 6.07) is 11.7. The van der Waals surface area contributed by atoms with E-state index in [0.29, 0.717) is 12.2 Å². The highest BCUT2D eigenvalue weighted by atomic mass is 16.5. The SMILES string of the molecule is CCOC(=O)c1cc2n(n1)C[C@@](C)(C(=O)NC1CCCCCC1)N(CCCc1ccccc1)C2=O. The molecule has 8 heteroatoms. The van der Waals surface area contributed by atoms with E-state index in [1.165, 1.54) is 29.2 Å². The minimum atomic E-state index is -1.11. The zero-order valence-corrected chi connectivity index (χ0v) is 20.8. The van der Waals surface area contributed by atoms with Crippen LogP contribution in [0, 0.1) is 0 Å². The molecule has 1 fully saturated rings. The number of nitrogens with zero attached hydrogens (tertiary/aromatic N) is 3. The highest BCUT2D eigenvalue weighted by molar-refractivity contribution is 6.01. The molecule has 0 bridgehead atoms. The van der Waals surface area contributed by atoms with Gasteiger partial charge in [0.2, 0.25) is 5.91 Å². The summed E-state index contributed by atoms with van der Waals surface area (Å²) in [5, 5.41) is 7.58. The number of hydrogen-bond donors (Lipinski definition) is 1.